The van der Waals surface area contributed by atoms with Gasteiger partial charge in [0.15, 0.2) is 5.82 Å². The Bertz CT molecular complexity index is 3490. The summed E-state index contributed by atoms with van der Waals surface area (Å²) in [4.78, 5) is 10.4. The maximum absolute atomic E-state index is 5.24. The molecule has 0 bridgehead atoms. The fourth-order valence-corrected chi connectivity index (χ4v) is 10.2. The van der Waals surface area contributed by atoms with Crippen LogP contribution in [0.5, 0.6) is 0 Å². The molecule has 0 N–H and O–H groups in total. The third kappa shape index (κ3) is 4.57. The SMILES string of the molecule is c1ccc(-c2nc(-c3ccccc3)c3sc4c(-c5cccc(-n6c7ccccc7c7c8c9ccccc9c9ccccc9c8ccc76)c5)cccc4c3n2)cc1. The number of fused-ring (bicyclic) bond motifs is 13. The van der Waals surface area contributed by atoms with Crippen molar-refractivity contribution in [1.29, 1.82) is 0 Å². The van der Waals surface area contributed by atoms with Gasteiger partial charge in [-0.2, -0.15) is 0 Å². The van der Waals surface area contributed by atoms with Gasteiger partial charge in [0.05, 0.1) is 26.9 Å². The van der Waals surface area contributed by atoms with Gasteiger partial charge in [0.2, 0.25) is 0 Å². The Balaban J connectivity index is 1.10. The lowest BCUT2D eigenvalue weighted by molar-refractivity contribution is 1.18. The van der Waals surface area contributed by atoms with E-state index in [1.165, 1.54) is 70.0 Å². The van der Waals surface area contributed by atoms with Crippen molar-refractivity contribution >= 4 is 85.8 Å². The second kappa shape index (κ2) is 12.2. The summed E-state index contributed by atoms with van der Waals surface area (Å²) in [5.41, 5.74) is 9.94. The molecule has 3 aromatic heterocycles. The summed E-state index contributed by atoms with van der Waals surface area (Å²) in [6, 6.07) is 67.7. The van der Waals surface area contributed by atoms with Crippen LogP contribution >= 0.6 is 11.3 Å². The van der Waals surface area contributed by atoms with Crippen molar-refractivity contribution in [2.45, 2.75) is 0 Å². The molecular formula is C52H31N3S. The minimum Gasteiger partial charge on any atom is -0.309 e. The van der Waals surface area contributed by atoms with Crippen LogP contribution in [0.25, 0.3) is 114 Å². The van der Waals surface area contributed by atoms with Crippen molar-refractivity contribution in [3.63, 3.8) is 0 Å². The van der Waals surface area contributed by atoms with Gasteiger partial charge in [-0.1, -0.05) is 164 Å². The summed E-state index contributed by atoms with van der Waals surface area (Å²) in [6.45, 7) is 0. The number of hydrogen-bond acceptors (Lipinski definition) is 3. The Morgan fingerprint density at radius 1 is 0.375 bits per heavy atom. The average molecular weight is 730 g/mol. The first-order valence-corrected chi connectivity index (χ1v) is 19.8. The second-order valence-electron chi connectivity index (χ2n) is 14.5. The van der Waals surface area contributed by atoms with E-state index >= 15 is 0 Å². The van der Waals surface area contributed by atoms with Crippen molar-refractivity contribution in [1.82, 2.24) is 14.5 Å². The first-order valence-electron chi connectivity index (χ1n) is 19.0. The summed E-state index contributed by atoms with van der Waals surface area (Å²) in [7, 11) is 0. The van der Waals surface area contributed by atoms with Gasteiger partial charge in [-0.05, 0) is 62.3 Å². The molecule has 0 atom stereocenters. The maximum atomic E-state index is 5.24. The number of benzene rings is 9. The van der Waals surface area contributed by atoms with Crippen LogP contribution in [0.3, 0.4) is 0 Å². The standard InChI is InChI=1S/C52H31N3S/c1-3-15-32(16-4-1)48-51-49(54-52(53-48)33-17-5-2-6-18-33)43-27-14-26-36(50(43)56-51)34-19-13-20-35(31-34)55-44-28-12-11-25-42(44)47-45(55)30-29-41-39-23-8-7-21-37(39)38-22-9-10-24-40(38)46(41)47/h1-31H. The predicted octanol–water partition coefficient (Wildman–Crippen LogP) is 14.4. The molecule has 56 heavy (non-hydrogen) atoms. The molecule has 0 unspecified atom stereocenters. The maximum Gasteiger partial charge on any atom is 0.160 e. The van der Waals surface area contributed by atoms with Gasteiger partial charge < -0.3 is 4.57 Å². The number of nitrogens with zero attached hydrogens (tertiary/aromatic N) is 3. The van der Waals surface area contributed by atoms with Gasteiger partial charge in [-0.15, -0.1) is 11.3 Å². The van der Waals surface area contributed by atoms with Crippen LogP contribution < -0.4 is 0 Å². The highest BCUT2D eigenvalue weighted by molar-refractivity contribution is 7.26. The molecule has 3 nitrogen and oxygen atoms in total. The Kier molecular flexibility index (Phi) is 6.80. The minimum atomic E-state index is 0.740. The van der Waals surface area contributed by atoms with Crippen LogP contribution in [-0.4, -0.2) is 14.5 Å². The van der Waals surface area contributed by atoms with E-state index in [4.69, 9.17) is 9.97 Å². The van der Waals surface area contributed by atoms with E-state index in [0.29, 0.717) is 0 Å². The lowest BCUT2D eigenvalue weighted by Gasteiger charge is -2.13. The number of para-hydroxylation sites is 1. The van der Waals surface area contributed by atoms with Gasteiger partial charge in [-0.3, -0.25) is 0 Å². The van der Waals surface area contributed by atoms with E-state index in [1.54, 1.807) is 11.3 Å². The normalized spacial score (nSPS) is 11.9. The predicted molar refractivity (Wildman–Crippen MR) is 238 cm³/mol. The van der Waals surface area contributed by atoms with Crippen molar-refractivity contribution in [3.8, 4) is 39.5 Å². The van der Waals surface area contributed by atoms with Crippen LogP contribution in [0.2, 0.25) is 0 Å². The molecule has 0 saturated carbocycles. The van der Waals surface area contributed by atoms with Crippen LogP contribution in [0.1, 0.15) is 0 Å². The fourth-order valence-electron chi connectivity index (χ4n) is 8.94. The van der Waals surface area contributed by atoms with Gasteiger partial charge in [0.1, 0.15) is 0 Å². The van der Waals surface area contributed by atoms with Gasteiger partial charge in [-0.25, -0.2) is 9.97 Å². The zero-order valence-electron chi connectivity index (χ0n) is 30.1. The van der Waals surface area contributed by atoms with Crippen molar-refractivity contribution in [2.24, 2.45) is 0 Å². The average Bonchev–Trinajstić information content (AvgIpc) is 3.83. The summed E-state index contributed by atoms with van der Waals surface area (Å²) in [5, 5.41) is 11.4. The minimum absolute atomic E-state index is 0.740. The molecule has 260 valence electrons. The molecule has 12 aromatic rings. The number of thiophene rings is 1. The van der Waals surface area contributed by atoms with E-state index in [0.717, 1.165) is 43.9 Å². The van der Waals surface area contributed by atoms with E-state index in [-0.39, 0.29) is 0 Å². The summed E-state index contributed by atoms with van der Waals surface area (Å²) in [5.74, 6) is 0.740. The van der Waals surface area contributed by atoms with Crippen LogP contribution in [-0.2, 0) is 0 Å². The topological polar surface area (TPSA) is 30.7 Å². The zero-order chi connectivity index (χ0) is 36.7. The monoisotopic (exact) mass is 729 g/mol. The number of aromatic nitrogens is 3. The molecular weight excluding hydrogens is 699 g/mol. The third-order valence-corrected chi connectivity index (χ3v) is 12.6. The van der Waals surface area contributed by atoms with E-state index in [1.807, 2.05) is 18.2 Å². The number of rotatable bonds is 4. The summed E-state index contributed by atoms with van der Waals surface area (Å²) in [6.07, 6.45) is 0. The highest BCUT2D eigenvalue weighted by atomic mass is 32.1. The first kappa shape index (κ1) is 31.2. The Hall–Kier alpha value is -7.14. The molecule has 12 rings (SSSR count). The molecule has 0 radical (unpaired) electrons. The van der Waals surface area contributed by atoms with E-state index in [2.05, 4.69) is 174 Å². The van der Waals surface area contributed by atoms with Crippen molar-refractivity contribution in [3.05, 3.63) is 188 Å². The molecule has 0 fully saturated rings. The third-order valence-electron chi connectivity index (χ3n) is 11.4. The summed E-state index contributed by atoms with van der Waals surface area (Å²) < 4.78 is 4.76. The highest BCUT2D eigenvalue weighted by Crippen LogP contribution is 2.46. The lowest BCUT2D eigenvalue weighted by atomic mass is 9.92. The fraction of sp³-hybridized carbons (Fsp3) is 0. The lowest BCUT2D eigenvalue weighted by Crippen LogP contribution is -1.94. The van der Waals surface area contributed by atoms with Gasteiger partial charge in [0.25, 0.3) is 0 Å². The first-order chi connectivity index (χ1) is 27.8. The highest BCUT2D eigenvalue weighted by Gasteiger charge is 2.21. The second-order valence-corrected chi connectivity index (χ2v) is 15.5. The Morgan fingerprint density at radius 3 is 1.73 bits per heavy atom. The molecule has 0 spiro atoms. The van der Waals surface area contributed by atoms with E-state index in [9.17, 15) is 0 Å². The largest absolute Gasteiger partial charge is 0.309 e. The Labute approximate surface area is 326 Å². The number of hydrogen-bond donors (Lipinski definition) is 0. The molecule has 3 heterocycles. The van der Waals surface area contributed by atoms with Crippen molar-refractivity contribution < 1.29 is 0 Å². The van der Waals surface area contributed by atoms with Crippen LogP contribution in [0, 0.1) is 0 Å². The zero-order valence-corrected chi connectivity index (χ0v) is 31.0. The quantitative estimate of drug-likeness (QED) is 0.169. The molecule has 0 aliphatic rings. The van der Waals surface area contributed by atoms with Crippen molar-refractivity contribution in [2.75, 3.05) is 0 Å². The molecule has 0 aliphatic carbocycles. The smallest absolute Gasteiger partial charge is 0.160 e. The Morgan fingerprint density at radius 2 is 0.964 bits per heavy atom. The molecule has 4 heteroatoms. The van der Waals surface area contributed by atoms with Gasteiger partial charge in [0, 0.05) is 43.1 Å². The molecule has 0 saturated heterocycles. The van der Waals surface area contributed by atoms with E-state index < -0.39 is 0 Å². The van der Waals surface area contributed by atoms with Crippen LogP contribution in [0.15, 0.2) is 188 Å². The van der Waals surface area contributed by atoms with Crippen LogP contribution in [0.4, 0.5) is 0 Å². The molecule has 0 amide bonds. The van der Waals surface area contributed by atoms with Gasteiger partial charge >= 0.3 is 0 Å². The molecule has 9 aromatic carbocycles. The molecule has 0 aliphatic heterocycles. The summed E-state index contributed by atoms with van der Waals surface area (Å²) >= 11 is 1.79.